The van der Waals surface area contributed by atoms with E-state index in [1.807, 2.05) is 32.0 Å². The predicted octanol–water partition coefficient (Wildman–Crippen LogP) is 4.48. The normalized spacial score (nSPS) is 24.1. The Morgan fingerprint density at radius 3 is 2.64 bits per heavy atom. The number of amides is 1. The van der Waals surface area contributed by atoms with Gasteiger partial charge in [-0.1, -0.05) is 12.8 Å². The van der Waals surface area contributed by atoms with E-state index in [0.29, 0.717) is 35.0 Å². The number of fused-ring (bicyclic) bond motifs is 1. The van der Waals surface area contributed by atoms with Crippen LogP contribution in [0, 0.1) is 19.8 Å². The molecule has 3 atom stereocenters. The molecule has 36 heavy (non-hydrogen) atoms. The van der Waals surface area contributed by atoms with Gasteiger partial charge in [-0.15, -0.1) is 11.3 Å². The fraction of sp³-hybridized carbons (Fsp3) is 0.556. The molecule has 1 saturated heterocycles. The fourth-order valence-electron chi connectivity index (χ4n) is 5.82. The number of thiophene rings is 1. The molecule has 4 rings (SSSR count). The van der Waals surface area contributed by atoms with E-state index < -0.39 is 11.6 Å². The molecule has 2 heterocycles. The number of esters is 1. The number of carbonyl (C=O) groups excluding carboxylic acids is 2. The summed E-state index contributed by atoms with van der Waals surface area (Å²) in [6, 6.07) is 5.47. The van der Waals surface area contributed by atoms with E-state index in [2.05, 4.69) is 10.2 Å². The lowest BCUT2D eigenvalue weighted by atomic mass is 9.66. The summed E-state index contributed by atoms with van der Waals surface area (Å²) >= 11 is 1.37. The number of likely N-dealkylation sites (tertiary alicyclic amines) is 1. The highest BCUT2D eigenvalue weighted by molar-refractivity contribution is 7.16. The first-order valence-electron chi connectivity index (χ1n) is 12.4. The molecule has 0 bridgehead atoms. The zero-order chi connectivity index (χ0) is 26.0. The van der Waals surface area contributed by atoms with Crippen LogP contribution in [0.15, 0.2) is 18.2 Å². The van der Waals surface area contributed by atoms with Crippen molar-refractivity contribution in [2.75, 3.05) is 39.7 Å². The molecule has 0 spiro atoms. The molecule has 1 aliphatic heterocycles. The van der Waals surface area contributed by atoms with Gasteiger partial charge < -0.3 is 24.6 Å². The SMILES string of the molecule is COC(=O)c1c(NC(=O)CN2CC[C@@]3(O)CCCC[C@@H]3[C@@H]2c2cc(OC)ccc2OC)sc(C)c1C. The van der Waals surface area contributed by atoms with Gasteiger partial charge in [0.15, 0.2) is 0 Å². The van der Waals surface area contributed by atoms with E-state index in [4.69, 9.17) is 14.2 Å². The van der Waals surface area contributed by atoms with Crippen LogP contribution in [0.1, 0.15) is 64.5 Å². The molecule has 1 aliphatic carbocycles. The molecule has 2 N–H and O–H groups in total. The second kappa shape index (κ2) is 10.8. The Balaban J connectivity index is 1.66. The molecular weight excluding hydrogens is 480 g/mol. The third-order valence-electron chi connectivity index (χ3n) is 7.80. The van der Waals surface area contributed by atoms with E-state index in [9.17, 15) is 14.7 Å². The molecule has 196 valence electrons. The van der Waals surface area contributed by atoms with Crippen molar-refractivity contribution < 1.29 is 28.9 Å². The van der Waals surface area contributed by atoms with Crippen molar-refractivity contribution in [2.24, 2.45) is 5.92 Å². The molecule has 1 aromatic heterocycles. The van der Waals surface area contributed by atoms with Crippen LogP contribution < -0.4 is 14.8 Å². The standard InChI is InChI=1S/C27H36N2O6S/c1-16-17(2)36-25(23(16)26(31)35-5)28-22(30)15-29-13-12-27(32)11-7-6-8-20(27)24(29)19-14-18(33-3)9-10-21(19)34-4/h9-10,14,20,24,32H,6-8,11-13,15H2,1-5H3,(H,28,30)/t20-,24+,27+/m1/s1. The van der Waals surface area contributed by atoms with Crippen LogP contribution in [0.3, 0.4) is 0 Å². The summed E-state index contributed by atoms with van der Waals surface area (Å²) in [6.45, 7) is 4.46. The number of aliphatic hydroxyl groups is 1. The van der Waals surface area contributed by atoms with Crippen LogP contribution in [0.2, 0.25) is 0 Å². The van der Waals surface area contributed by atoms with Gasteiger partial charge in [0, 0.05) is 28.9 Å². The van der Waals surface area contributed by atoms with Crippen molar-refractivity contribution in [3.63, 3.8) is 0 Å². The Kier molecular flexibility index (Phi) is 7.92. The minimum absolute atomic E-state index is 0.0364. The van der Waals surface area contributed by atoms with Gasteiger partial charge in [-0.25, -0.2) is 4.79 Å². The number of nitrogens with one attached hydrogen (secondary N) is 1. The fourth-order valence-corrected chi connectivity index (χ4v) is 6.88. The lowest BCUT2D eigenvalue weighted by Crippen LogP contribution is -2.56. The number of piperidine rings is 1. The molecule has 1 aromatic carbocycles. The summed E-state index contributed by atoms with van der Waals surface area (Å²) in [5, 5.41) is 15.1. The molecular formula is C27H36N2O6S. The van der Waals surface area contributed by atoms with Gasteiger partial charge in [-0.3, -0.25) is 9.69 Å². The highest BCUT2D eigenvalue weighted by Gasteiger charge is 2.50. The molecule has 8 nitrogen and oxygen atoms in total. The first kappa shape index (κ1) is 26.4. The maximum absolute atomic E-state index is 13.3. The van der Waals surface area contributed by atoms with Gasteiger partial charge in [-0.2, -0.15) is 0 Å². The van der Waals surface area contributed by atoms with Gasteiger partial charge >= 0.3 is 5.97 Å². The third kappa shape index (κ3) is 4.96. The Morgan fingerprint density at radius 1 is 1.17 bits per heavy atom. The number of ether oxygens (including phenoxy) is 3. The average molecular weight is 517 g/mol. The molecule has 0 unspecified atom stereocenters. The van der Waals surface area contributed by atoms with Crippen LogP contribution in [0.25, 0.3) is 0 Å². The monoisotopic (exact) mass is 516 g/mol. The first-order valence-corrected chi connectivity index (χ1v) is 13.2. The van der Waals surface area contributed by atoms with Gasteiger partial charge in [-0.05, 0) is 56.9 Å². The summed E-state index contributed by atoms with van der Waals surface area (Å²) in [5.74, 6) is 0.697. The van der Waals surface area contributed by atoms with Crippen LogP contribution in [-0.4, -0.2) is 61.9 Å². The van der Waals surface area contributed by atoms with Crippen LogP contribution >= 0.6 is 11.3 Å². The second-order valence-corrected chi connectivity index (χ2v) is 11.0. The maximum Gasteiger partial charge on any atom is 0.341 e. The Hall–Kier alpha value is -2.62. The number of anilines is 1. The minimum Gasteiger partial charge on any atom is -0.497 e. The molecule has 9 heteroatoms. The first-order chi connectivity index (χ1) is 17.2. The van der Waals surface area contributed by atoms with Gasteiger partial charge in [0.1, 0.15) is 16.5 Å². The highest BCUT2D eigenvalue weighted by Crippen LogP contribution is 2.51. The van der Waals surface area contributed by atoms with Crippen molar-refractivity contribution in [3.8, 4) is 11.5 Å². The lowest BCUT2D eigenvalue weighted by Gasteiger charge is -2.52. The average Bonchev–Trinajstić information content (AvgIpc) is 3.15. The number of methoxy groups -OCH3 is 3. The second-order valence-electron chi connectivity index (χ2n) is 9.76. The Bertz CT molecular complexity index is 1130. The lowest BCUT2D eigenvalue weighted by molar-refractivity contribution is -0.135. The van der Waals surface area contributed by atoms with Gasteiger partial charge in [0.05, 0.1) is 39.0 Å². The number of aryl methyl sites for hydroxylation is 1. The molecule has 0 radical (unpaired) electrons. The van der Waals surface area contributed by atoms with Crippen molar-refractivity contribution in [3.05, 3.63) is 39.8 Å². The van der Waals surface area contributed by atoms with E-state index in [0.717, 1.165) is 41.7 Å². The minimum atomic E-state index is -0.774. The molecule has 2 aromatic rings. The summed E-state index contributed by atoms with van der Waals surface area (Å²) in [6.07, 6.45) is 4.28. The summed E-state index contributed by atoms with van der Waals surface area (Å²) < 4.78 is 16.2. The van der Waals surface area contributed by atoms with Gasteiger partial charge in [0.25, 0.3) is 0 Å². The number of benzene rings is 1. The van der Waals surface area contributed by atoms with Crippen LogP contribution in [0.5, 0.6) is 11.5 Å². The number of carbonyl (C=O) groups is 2. The van der Waals surface area contributed by atoms with Crippen LogP contribution in [-0.2, 0) is 9.53 Å². The van der Waals surface area contributed by atoms with Crippen molar-refractivity contribution in [2.45, 2.75) is 57.6 Å². The van der Waals surface area contributed by atoms with E-state index in [-0.39, 0.29) is 24.4 Å². The highest BCUT2D eigenvalue weighted by atomic mass is 32.1. The van der Waals surface area contributed by atoms with E-state index >= 15 is 0 Å². The largest absolute Gasteiger partial charge is 0.497 e. The van der Waals surface area contributed by atoms with E-state index in [1.54, 1.807) is 14.2 Å². The molecule has 1 amide bonds. The van der Waals surface area contributed by atoms with Crippen molar-refractivity contribution in [1.29, 1.82) is 0 Å². The molecule has 2 aliphatic rings. The number of hydrogen-bond acceptors (Lipinski definition) is 8. The smallest absolute Gasteiger partial charge is 0.341 e. The van der Waals surface area contributed by atoms with Gasteiger partial charge in [0.2, 0.25) is 5.91 Å². The quantitative estimate of drug-likeness (QED) is 0.524. The van der Waals surface area contributed by atoms with Crippen LogP contribution in [0.4, 0.5) is 5.00 Å². The Labute approximate surface area is 216 Å². The summed E-state index contributed by atoms with van der Waals surface area (Å²) in [5.41, 5.74) is 1.35. The number of hydrogen-bond donors (Lipinski definition) is 2. The predicted molar refractivity (Wildman–Crippen MR) is 139 cm³/mol. The topological polar surface area (TPSA) is 97.3 Å². The zero-order valence-electron chi connectivity index (χ0n) is 21.7. The number of nitrogens with zero attached hydrogens (tertiary/aromatic N) is 1. The van der Waals surface area contributed by atoms with Crippen molar-refractivity contribution in [1.82, 2.24) is 4.90 Å². The number of rotatable bonds is 7. The third-order valence-corrected chi connectivity index (χ3v) is 8.92. The Morgan fingerprint density at radius 2 is 1.94 bits per heavy atom. The van der Waals surface area contributed by atoms with Crippen molar-refractivity contribution >= 4 is 28.2 Å². The summed E-state index contributed by atoms with van der Waals surface area (Å²) in [7, 11) is 4.60. The summed E-state index contributed by atoms with van der Waals surface area (Å²) in [4.78, 5) is 28.8. The molecule has 1 saturated carbocycles. The molecule has 2 fully saturated rings. The zero-order valence-corrected chi connectivity index (χ0v) is 22.5. The van der Waals surface area contributed by atoms with E-state index in [1.165, 1.54) is 18.4 Å². The maximum atomic E-state index is 13.3.